The third-order valence-corrected chi connectivity index (χ3v) is 5.42. The number of carbonyl (C=O) groups excluding carboxylic acids is 2. The Morgan fingerprint density at radius 2 is 2.03 bits per heavy atom. The molecule has 2 aromatic rings. The number of hydrogen-bond donors (Lipinski definition) is 1. The van der Waals surface area contributed by atoms with E-state index < -0.39 is 6.04 Å². The van der Waals surface area contributed by atoms with Gasteiger partial charge < -0.3 is 19.4 Å². The van der Waals surface area contributed by atoms with Crippen molar-refractivity contribution >= 4 is 23.1 Å². The maximum absolute atomic E-state index is 13.3. The quantitative estimate of drug-likeness (QED) is 0.772. The third-order valence-electron chi connectivity index (χ3n) is 5.42. The second kappa shape index (κ2) is 7.43. The number of benzene rings is 1. The molecule has 1 aliphatic heterocycles. The fourth-order valence-electron chi connectivity index (χ4n) is 4.32. The smallest absolute Gasteiger partial charge is 0.325 e. The van der Waals surface area contributed by atoms with Crippen molar-refractivity contribution in [1.82, 2.24) is 0 Å². The first-order chi connectivity index (χ1) is 13.9. The highest BCUT2D eigenvalue weighted by Gasteiger charge is 2.43. The lowest BCUT2D eigenvalue weighted by molar-refractivity contribution is -0.141. The number of nitrogens with one attached hydrogen (secondary N) is 1. The van der Waals surface area contributed by atoms with E-state index in [0.717, 1.165) is 23.5 Å². The van der Waals surface area contributed by atoms with Crippen LogP contribution in [0.5, 0.6) is 0 Å². The zero-order chi connectivity index (χ0) is 20.6. The van der Waals surface area contributed by atoms with E-state index in [1.165, 1.54) is 0 Å². The van der Waals surface area contributed by atoms with Gasteiger partial charge in [-0.25, -0.2) is 0 Å². The molecule has 0 spiro atoms. The molecule has 152 valence electrons. The topological polar surface area (TPSA) is 71.8 Å². The SMILES string of the molecule is CCOC(=O)CN1c2ccccc2NC2=C(C(=O)CC(C)(C)C2)[C@@H]1c1ccco1. The molecule has 0 unspecified atom stereocenters. The summed E-state index contributed by atoms with van der Waals surface area (Å²) in [5.74, 6) is 0.367. The predicted octanol–water partition coefficient (Wildman–Crippen LogP) is 4.46. The van der Waals surface area contributed by atoms with E-state index >= 15 is 0 Å². The lowest BCUT2D eigenvalue weighted by Crippen LogP contribution is -2.39. The van der Waals surface area contributed by atoms with Crippen LogP contribution >= 0.6 is 0 Å². The van der Waals surface area contributed by atoms with Gasteiger partial charge in [0.25, 0.3) is 0 Å². The number of esters is 1. The Morgan fingerprint density at radius 1 is 1.24 bits per heavy atom. The number of rotatable bonds is 4. The average molecular weight is 394 g/mol. The molecule has 4 rings (SSSR count). The molecular weight excluding hydrogens is 368 g/mol. The highest BCUT2D eigenvalue weighted by molar-refractivity contribution is 6.01. The van der Waals surface area contributed by atoms with Gasteiger partial charge in [0, 0.05) is 17.7 Å². The third kappa shape index (κ3) is 3.67. The van der Waals surface area contributed by atoms with E-state index in [1.807, 2.05) is 35.2 Å². The Hall–Kier alpha value is -3.02. The van der Waals surface area contributed by atoms with Gasteiger partial charge in [-0.2, -0.15) is 0 Å². The first-order valence-electron chi connectivity index (χ1n) is 9.97. The molecule has 0 bridgehead atoms. The van der Waals surface area contributed by atoms with Gasteiger partial charge >= 0.3 is 5.97 Å². The van der Waals surface area contributed by atoms with Crippen molar-refractivity contribution in [2.24, 2.45) is 5.41 Å². The average Bonchev–Trinajstić information content (AvgIpc) is 3.13. The monoisotopic (exact) mass is 394 g/mol. The van der Waals surface area contributed by atoms with Crippen LogP contribution in [-0.2, 0) is 14.3 Å². The Morgan fingerprint density at radius 3 is 2.76 bits per heavy atom. The molecule has 0 amide bonds. The van der Waals surface area contributed by atoms with Crippen molar-refractivity contribution in [1.29, 1.82) is 0 Å². The first-order valence-corrected chi connectivity index (χ1v) is 9.97. The molecule has 6 heteroatoms. The highest BCUT2D eigenvalue weighted by atomic mass is 16.5. The molecule has 6 nitrogen and oxygen atoms in total. The number of fused-ring (bicyclic) bond motifs is 1. The van der Waals surface area contributed by atoms with E-state index in [2.05, 4.69) is 19.2 Å². The minimum Gasteiger partial charge on any atom is -0.467 e. The lowest BCUT2D eigenvalue weighted by atomic mass is 9.74. The van der Waals surface area contributed by atoms with Gasteiger partial charge in [-0.05, 0) is 43.0 Å². The summed E-state index contributed by atoms with van der Waals surface area (Å²) in [5.41, 5.74) is 3.12. The summed E-state index contributed by atoms with van der Waals surface area (Å²) in [6.07, 6.45) is 2.79. The molecule has 0 fully saturated rings. The number of para-hydroxylation sites is 2. The summed E-state index contributed by atoms with van der Waals surface area (Å²) in [6, 6.07) is 10.9. The number of hydrogen-bond acceptors (Lipinski definition) is 6. The van der Waals surface area contributed by atoms with E-state index in [1.54, 1.807) is 19.3 Å². The Bertz CT molecular complexity index is 959. The first kappa shape index (κ1) is 19.3. The van der Waals surface area contributed by atoms with E-state index in [9.17, 15) is 9.59 Å². The minimum absolute atomic E-state index is 0.0192. The van der Waals surface area contributed by atoms with Crippen LogP contribution in [0, 0.1) is 5.41 Å². The number of Topliss-reactive ketones (excluding diaryl/α,β-unsaturated/α-hetero) is 1. The van der Waals surface area contributed by atoms with Gasteiger partial charge in [-0.15, -0.1) is 0 Å². The fraction of sp³-hybridized carbons (Fsp3) is 0.391. The summed E-state index contributed by atoms with van der Waals surface area (Å²) < 4.78 is 11.0. The molecule has 0 saturated heterocycles. The van der Waals surface area contributed by atoms with Crippen LogP contribution in [0.1, 0.15) is 45.4 Å². The standard InChI is InChI=1S/C23H26N2O4/c1-4-28-20(27)14-25-17-9-6-5-8-15(17)24-16-12-23(2,3)13-18(26)21(16)22(25)19-10-7-11-29-19/h5-11,22,24H,4,12-14H2,1-3H3/t22-/m0/s1. The van der Waals surface area contributed by atoms with Crippen LogP contribution < -0.4 is 10.2 Å². The number of ketones is 1. The maximum atomic E-state index is 13.3. The molecular formula is C23H26N2O4. The molecule has 0 saturated carbocycles. The number of nitrogens with zero attached hydrogens (tertiary/aromatic N) is 1. The Balaban J connectivity index is 1.91. The number of furan rings is 1. The Kier molecular flexibility index (Phi) is 4.94. The van der Waals surface area contributed by atoms with Crippen LogP contribution in [-0.4, -0.2) is 24.9 Å². The zero-order valence-electron chi connectivity index (χ0n) is 17.0. The summed E-state index contributed by atoms with van der Waals surface area (Å²) >= 11 is 0. The lowest BCUT2D eigenvalue weighted by Gasteiger charge is -2.36. The van der Waals surface area contributed by atoms with Gasteiger partial charge in [-0.1, -0.05) is 26.0 Å². The van der Waals surface area contributed by atoms with Crippen molar-refractivity contribution in [3.8, 4) is 0 Å². The normalized spacial score (nSPS) is 20.4. The molecule has 29 heavy (non-hydrogen) atoms. The number of ether oxygens (including phenoxy) is 1. The highest BCUT2D eigenvalue weighted by Crippen LogP contribution is 2.48. The second-order valence-electron chi connectivity index (χ2n) is 8.33. The maximum Gasteiger partial charge on any atom is 0.325 e. The van der Waals surface area contributed by atoms with Crippen molar-refractivity contribution in [3.05, 3.63) is 59.7 Å². The van der Waals surface area contributed by atoms with Crippen LogP contribution in [0.3, 0.4) is 0 Å². The molecule has 1 aromatic carbocycles. The van der Waals surface area contributed by atoms with Crippen molar-refractivity contribution in [3.63, 3.8) is 0 Å². The summed E-state index contributed by atoms with van der Waals surface area (Å²) in [4.78, 5) is 27.7. The van der Waals surface area contributed by atoms with E-state index in [0.29, 0.717) is 24.4 Å². The fourth-order valence-corrected chi connectivity index (χ4v) is 4.32. The number of carbonyl (C=O) groups is 2. The van der Waals surface area contributed by atoms with Crippen molar-refractivity contribution in [2.75, 3.05) is 23.4 Å². The second-order valence-corrected chi connectivity index (χ2v) is 8.33. The largest absolute Gasteiger partial charge is 0.467 e. The molecule has 2 aliphatic rings. The number of allylic oxidation sites excluding steroid dienone is 1. The molecule has 1 aromatic heterocycles. The van der Waals surface area contributed by atoms with Gasteiger partial charge in [0.2, 0.25) is 0 Å². The van der Waals surface area contributed by atoms with Crippen molar-refractivity contribution in [2.45, 2.75) is 39.7 Å². The summed E-state index contributed by atoms with van der Waals surface area (Å²) in [6.45, 7) is 6.31. The van der Waals surface area contributed by atoms with Crippen LogP contribution in [0.15, 0.2) is 58.3 Å². The van der Waals surface area contributed by atoms with E-state index in [4.69, 9.17) is 9.15 Å². The Labute approximate surface area is 170 Å². The van der Waals surface area contributed by atoms with E-state index in [-0.39, 0.29) is 23.7 Å². The van der Waals surface area contributed by atoms with Gasteiger partial charge in [0.15, 0.2) is 5.78 Å². The van der Waals surface area contributed by atoms with Crippen LogP contribution in [0.2, 0.25) is 0 Å². The minimum atomic E-state index is -0.496. The van der Waals surface area contributed by atoms with Gasteiger partial charge in [0.05, 0.1) is 24.2 Å². The van der Waals surface area contributed by atoms with Crippen LogP contribution in [0.25, 0.3) is 0 Å². The molecule has 0 radical (unpaired) electrons. The molecule has 1 aliphatic carbocycles. The van der Waals surface area contributed by atoms with Gasteiger partial charge in [0.1, 0.15) is 18.3 Å². The summed E-state index contributed by atoms with van der Waals surface area (Å²) in [5, 5.41) is 3.50. The summed E-state index contributed by atoms with van der Waals surface area (Å²) in [7, 11) is 0. The molecule has 2 heterocycles. The molecule has 1 N–H and O–H groups in total. The van der Waals surface area contributed by atoms with Gasteiger partial charge in [-0.3, -0.25) is 9.59 Å². The number of anilines is 2. The van der Waals surface area contributed by atoms with Crippen LogP contribution in [0.4, 0.5) is 11.4 Å². The van der Waals surface area contributed by atoms with Crippen molar-refractivity contribution < 1.29 is 18.7 Å². The molecule has 1 atom stereocenters. The predicted molar refractivity (Wildman–Crippen MR) is 111 cm³/mol. The zero-order valence-corrected chi connectivity index (χ0v) is 17.0.